The third-order valence-electron chi connectivity index (χ3n) is 4.60. The zero-order chi connectivity index (χ0) is 19.8. The summed E-state index contributed by atoms with van der Waals surface area (Å²) in [5.74, 6) is 1.90. The van der Waals surface area contributed by atoms with Gasteiger partial charge < -0.3 is 10.1 Å². The first-order valence-electron chi connectivity index (χ1n) is 9.97. The molecule has 0 aliphatic carbocycles. The minimum Gasteiger partial charge on any atom is -0.494 e. The van der Waals surface area contributed by atoms with Crippen LogP contribution in [0.4, 0.5) is 5.69 Å². The van der Waals surface area contributed by atoms with E-state index in [4.69, 9.17) is 4.74 Å². The van der Waals surface area contributed by atoms with E-state index >= 15 is 0 Å². The van der Waals surface area contributed by atoms with E-state index in [0.29, 0.717) is 18.4 Å². The monoisotopic (exact) mass is 367 g/mol. The van der Waals surface area contributed by atoms with Gasteiger partial charge in [0, 0.05) is 5.69 Å². The molecule has 0 heterocycles. The standard InChI is InChI=1S/C24H33NO2/c1-17(2)14-15-27-23-12-10-22(11-13-23)25-24(26)19(5)21-8-6-20(7-9-21)16-18(3)4/h6-13,17-19H,14-16H2,1-5H3,(H,25,26). The van der Waals surface area contributed by atoms with Crippen LogP contribution in [0, 0.1) is 11.8 Å². The van der Waals surface area contributed by atoms with Crippen molar-refractivity contribution in [3.63, 3.8) is 0 Å². The lowest BCUT2D eigenvalue weighted by atomic mass is 9.96. The zero-order valence-corrected chi connectivity index (χ0v) is 17.3. The van der Waals surface area contributed by atoms with Gasteiger partial charge in [0.2, 0.25) is 5.91 Å². The average Bonchev–Trinajstić information content (AvgIpc) is 2.62. The highest BCUT2D eigenvalue weighted by molar-refractivity contribution is 5.95. The van der Waals surface area contributed by atoms with E-state index in [2.05, 4.69) is 57.3 Å². The van der Waals surface area contributed by atoms with Gasteiger partial charge in [0.1, 0.15) is 5.75 Å². The van der Waals surface area contributed by atoms with Crippen LogP contribution in [0.3, 0.4) is 0 Å². The van der Waals surface area contributed by atoms with Crippen molar-refractivity contribution in [3.05, 3.63) is 59.7 Å². The summed E-state index contributed by atoms with van der Waals surface area (Å²) in [5.41, 5.74) is 3.14. The number of hydrogen-bond acceptors (Lipinski definition) is 2. The van der Waals surface area contributed by atoms with Crippen molar-refractivity contribution >= 4 is 11.6 Å². The highest BCUT2D eigenvalue weighted by atomic mass is 16.5. The number of rotatable bonds is 9. The van der Waals surface area contributed by atoms with Crippen molar-refractivity contribution in [1.29, 1.82) is 0 Å². The smallest absolute Gasteiger partial charge is 0.231 e. The van der Waals surface area contributed by atoms with E-state index < -0.39 is 0 Å². The number of ether oxygens (including phenoxy) is 1. The first-order chi connectivity index (χ1) is 12.8. The predicted molar refractivity (Wildman–Crippen MR) is 113 cm³/mol. The predicted octanol–water partition coefficient (Wildman–Crippen LogP) is 6.05. The van der Waals surface area contributed by atoms with Crippen LogP contribution in [-0.2, 0) is 11.2 Å². The topological polar surface area (TPSA) is 38.3 Å². The maximum Gasteiger partial charge on any atom is 0.231 e. The Morgan fingerprint density at radius 3 is 2.07 bits per heavy atom. The molecule has 146 valence electrons. The normalized spacial score (nSPS) is 12.3. The van der Waals surface area contributed by atoms with E-state index in [9.17, 15) is 4.79 Å². The highest BCUT2D eigenvalue weighted by Gasteiger charge is 2.15. The van der Waals surface area contributed by atoms with Crippen LogP contribution in [-0.4, -0.2) is 12.5 Å². The Hall–Kier alpha value is -2.29. The van der Waals surface area contributed by atoms with E-state index in [1.54, 1.807) is 0 Å². The average molecular weight is 368 g/mol. The first kappa shape index (κ1) is 21.0. The molecule has 0 aliphatic rings. The third kappa shape index (κ3) is 7.09. The van der Waals surface area contributed by atoms with Crippen LogP contribution in [0.25, 0.3) is 0 Å². The molecule has 0 saturated heterocycles. The second-order valence-corrected chi connectivity index (χ2v) is 8.11. The fraction of sp³-hybridized carbons (Fsp3) is 0.458. The molecule has 0 aromatic heterocycles. The quantitative estimate of drug-likeness (QED) is 0.585. The summed E-state index contributed by atoms with van der Waals surface area (Å²) in [6.07, 6.45) is 2.10. The minimum absolute atomic E-state index is 0.0000794. The molecule has 3 heteroatoms. The summed E-state index contributed by atoms with van der Waals surface area (Å²) in [6.45, 7) is 11.4. The Kier molecular flexibility index (Phi) is 7.90. The van der Waals surface area contributed by atoms with Gasteiger partial charge in [-0.1, -0.05) is 52.0 Å². The molecule has 1 N–H and O–H groups in total. The van der Waals surface area contributed by atoms with E-state index in [1.807, 2.05) is 31.2 Å². The highest BCUT2D eigenvalue weighted by Crippen LogP contribution is 2.21. The summed E-state index contributed by atoms with van der Waals surface area (Å²) in [4.78, 5) is 12.6. The number of nitrogens with one attached hydrogen (secondary N) is 1. The van der Waals surface area contributed by atoms with Gasteiger partial charge in [0.15, 0.2) is 0 Å². The Labute approximate surface area is 164 Å². The Bertz CT molecular complexity index is 702. The first-order valence-corrected chi connectivity index (χ1v) is 9.97. The lowest BCUT2D eigenvalue weighted by molar-refractivity contribution is -0.117. The number of benzene rings is 2. The van der Waals surface area contributed by atoms with E-state index in [1.165, 1.54) is 5.56 Å². The van der Waals surface area contributed by atoms with Gasteiger partial charge in [-0.25, -0.2) is 0 Å². The van der Waals surface area contributed by atoms with Crippen molar-refractivity contribution < 1.29 is 9.53 Å². The van der Waals surface area contributed by atoms with Crippen molar-refractivity contribution in [2.45, 2.75) is 53.4 Å². The van der Waals surface area contributed by atoms with Gasteiger partial charge in [0.05, 0.1) is 12.5 Å². The molecule has 0 saturated carbocycles. The second-order valence-electron chi connectivity index (χ2n) is 8.11. The lowest BCUT2D eigenvalue weighted by Crippen LogP contribution is -2.18. The molecular weight excluding hydrogens is 334 g/mol. The molecule has 2 aromatic carbocycles. The molecule has 0 radical (unpaired) electrons. The molecule has 0 aliphatic heterocycles. The van der Waals surface area contributed by atoms with E-state index in [0.717, 1.165) is 29.8 Å². The van der Waals surface area contributed by atoms with Crippen molar-refractivity contribution in [2.24, 2.45) is 11.8 Å². The molecule has 1 amide bonds. The van der Waals surface area contributed by atoms with Crippen molar-refractivity contribution in [2.75, 3.05) is 11.9 Å². The van der Waals surface area contributed by atoms with Gasteiger partial charge in [-0.05, 0) is 67.0 Å². The maximum atomic E-state index is 12.6. The molecule has 1 atom stereocenters. The number of anilines is 1. The molecule has 1 unspecified atom stereocenters. The van der Waals surface area contributed by atoms with Gasteiger partial charge in [-0.15, -0.1) is 0 Å². The number of amides is 1. The molecule has 0 fully saturated rings. The van der Waals surface area contributed by atoms with Gasteiger partial charge in [-0.2, -0.15) is 0 Å². The van der Waals surface area contributed by atoms with Gasteiger partial charge in [0.25, 0.3) is 0 Å². The van der Waals surface area contributed by atoms with Crippen LogP contribution >= 0.6 is 0 Å². The zero-order valence-electron chi connectivity index (χ0n) is 17.3. The molecule has 2 aromatic rings. The lowest BCUT2D eigenvalue weighted by Gasteiger charge is -2.14. The molecule has 0 spiro atoms. The summed E-state index contributed by atoms with van der Waals surface area (Å²) in [7, 11) is 0. The molecular formula is C24H33NO2. The fourth-order valence-corrected chi connectivity index (χ4v) is 2.86. The Morgan fingerprint density at radius 1 is 0.889 bits per heavy atom. The third-order valence-corrected chi connectivity index (χ3v) is 4.60. The second kappa shape index (κ2) is 10.1. The van der Waals surface area contributed by atoms with Crippen LogP contribution in [0.5, 0.6) is 5.75 Å². The van der Waals surface area contributed by atoms with Crippen LogP contribution < -0.4 is 10.1 Å². The number of hydrogen-bond donors (Lipinski definition) is 1. The summed E-state index contributed by atoms with van der Waals surface area (Å²) in [5, 5.41) is 2.99. The Balaban J connectivity index is 1.90. The van der Waals surface area contributed by atoms with Gasteiger partial charge >= 0.3 is 0 Å². The summed E-state index contributed by atoms with van der Waals surface area (Å²) < 4.78 is 5.72. The van der Waals surface area contributed by atoms with Crippen LogP contribution in [0.15, 0.2) is 48.5 Å². The molecule has 0 bridgehead atoms. The maximum absolute atomic E-state index is 12.6. The summed E-state index contributed by atoms with van der Waals surface area (Å²) >= 11 is 0. The van der Waals surface area contributed by atoms with Crippen molar-refractivity contribution in [1.82, 2.24) is 0 Å². The van der Waals surface area contributed by atoms with E-state index in [-0.39, 0.29) is 11.8 Å². The number of carbonyl (C=O) groups excluding carboxylic acids is 1. The SMILES string of the molecule is CC(C)CCOc1ccc(NC(=O)C(C)c2ccc(CC(C)C)cc2)cc1. The number of carbonyl (C=O) groups is 1. The van der Waals surface area contributed by atoms with Gasteiger partial charge in [-0.3, -0.25) is 4.79 Å². The van der Waals surface area contributed by atoms with Crippen LogP contribution in [0.2, 0.25) is 0 Å². The molecule has 3 nitrogen and oxygen atoms in total. The minimum atomic E-state index is -0.194. The largest absolute Gasteiger partial charge is 0.494 e. The molecule has 27 heavy (non-hydrogen) atoms. The van der Waals surface area contributed by atoms with Crippen molar-refractivity contribution in [3.8, 4) is 5.75 Å². The summed E-state index contributed by atoms with van der Waals surface area (Å²) in [6, 6.07) is 16.0. The molecule has 2 rings (SSSR count). The fourth-order valence-electron chi connectivity index (χ4n) is 2.86. The Morgan fingerprint density at radius 2 is 1.52 bits per heavy atom. The van der Waals surface area contributed by atoms with Crippen LogP contribution in [0.1, 0.15) is 58.1 Å².